The van der Waals surface area contributed by atoms with Crippen molar-refractivity contribution >= 4 is 28.7 Å². The topological polar surface area (TPSA) is 66.5 Å². The monoisotopic (exact) mass is 265 g/mol. The molecule has 0 unspecified atom stereocenters. The van der Waals surface area contributed by atoms with Gasteiger partial charge in [0.15, 0.2) is 5.65 Å². The standard InChI is InChI=1S/C12H19N5S/c1-3-5-7-18-11-9-8-14-17-10(9)15-12(16-11)13-6-4-2/h8H,3-7H2,1-2H3,(H2,13,14,15,16,17). The van der Waals surface area contributed by atoms with Crippen molar-refractivity contribution in [1.29, 1.82) is 0 Å². The smallest absolute Gasteiger partial charge is 0.225 e. The molecule has 0 saturated carbocycles. The van der Waals surface area contributed by atoms with Crippen LogP contribution in [0.4, 0.5) is 5.95 Å². The molecule has 0 atom stereocenters. The molecular formula is C12H19N5S. The molecule has 0 spiro atoms. The van der Waals surface area contributed by atoms with Gasteiger partial charge in [-0.25, -0.2) is 4.98 Å². The van der Waals surface area contributed by atoms with Gasteiger partial charge in [0.25, 0.3) is 0 Å². The lowest BCUT2D eigenvalue weighted by atomic mass is 10.4. The normalized spacial score (nSPS) is 11.0. The first-order valence-electron chi connectivity index (χ1n) is 6.43. The number of unbranched alkanes of at least 4 members (excludes halogenated alkanes) is 1. The van der Waals surface area contributed by atoms with Crippen LogP contribution in [-0.4, -0.2) is 32.5 Å². The summed E-state index contributed by atoms with van der Waals surface area (Å²) < 4.78 is 0. The molecule has 2 rings (SSSR count). The van der Waals surface area contributed by atoms with Crippen molar-refractivity contribution in [3.05, 3.63) is 6.20 Å². The largest absolute Gasteiger partial charge is 0.354 e. The maximum absolute atomic E-state index is 4.56. The van der Waals surface area contributed by atoms with Gasteiger partial charge < -0.3 is 5.32 Å². The molecule has 18 heavy (non-hydrogen) atoms. The molecule has 0 aromatic carbocycles. The maximum Gasteiger partial charge on any atom is 0.225 e. The SMILES string of the molecule is CCCCSc1nc(NCCC)nc2[nH]ncc12. The fraction of sp³-hybridized carbons (Fsp3) is 0.583. The van der Waals surface area contributed by atoms with Crippen LogP contribution < -0.4 is 5.32 Å². The minimum Gasteiger partial charge on any atom is -0.354 e. The molecule has 0 saturated heterocycles. The quantitative estimate of drug-likeness (QED) is 0.457. The van der Waals surface area contributed by atoms with E-state index in [1.165, 1.54) is 12.8 Å². The molecule has 2 heterocycles. The Morgan fingerprint density at radius 3 is 2.94 bits per heavy atom. The van der Waals surface area contributed by atoms with Gasteiger partial charge in [-0.3, -0.25) is 5.10 Å². The Balaban J connectivity index is 2.21. The van der Waals surface area contributed by atoms with Gasteiger partial charge >= 0.3 is 0 Å². The van der Waals surface area contributed by atoms with Crippen LogP contribution in [-0.2, 0) is 0 Å². The Hall–Kier alpha value is -1.30. The van der Waals surface area contributed by atoms with Crippen LogP contribution >= 0.6 is 11.8 Å². The van der Waals surface area contributed by atoms with E-state index in [1.54, 1.807) is 18.0 Å². The number of thioether (sulfide) groups is 1. The van der Waals surface area contributed by atoms with Gasteiger partial charge in [0.1, 0.15) is 5.03 Å². The summed E-state index contributed by atoms with van der Waals surface area (Å²) in [6.07, 6.45) is 5.26. The predicted octanol–water partition coefficient (Wildman–Crippen LogP) is 3.07. The Kier molecular flexibility index (Phi) is 4.81. The Morgan fingerprint density at radius 1 is 1.28 bits per heavy atom. The van der Waals surface area contributed by atoms with Gasteiger partial charge in [-0.2, -0.15) is 10.1 Å². The number of rotatable bonds is 7. The number of hydrogen-bond donors (Lipinski definition) is 2. The summed E-state index contributed by atoms with van der Waals surface area (Å²) in [6, 6.07) is 0. The number of fused-ring (bicyclic) bond motifs is 1. The number of aromatic amines is 1. The van der Waals surface area contributed by atoms with Gasteiger partial charge in [-0.05, 0) is 18.6 Å². The van der Waals surface area contributed by atoms with E-state index < -0.39 is 0 Å². The minimum atomic E-state index is 0.688. The number of anilines is 1. The van der Waals surface area contributed by atoms with Gasteiger partial charge in [-0.1, -0.05) is 20.3 Å². The second-order valence-electron chi connectivity index (χ2n) is 4.11. The zero-order valence-electron chi connectivity index (χ0n) is 10.9. The van der Waals surface area contributed by atoms with Crippen LogP contribution in [0.5, 0.6) is 0 Å². The van der Waals surface area contributed by atoms with Crippen molar-refractivity contribution in [2.75, 3.05) is 17.6 Å². The first kappa shape index (κ1) is 13.1. The van der Waals surface area contributed by atoms with Crippen LogP contribution in [0.3, 0.4) is 0 Å². The third-order valence-corrected chi connectivity index (χ3v) is 3.62. The molecular weight excluding hydrogens is 246 g/mol. The second-order valence-corrected chi connectivity index (χ2v) is 5.20. The highest BCUT2D eigenvalue weighted by Gasteiger charge is 2.09. The lowest BCUT2D eigenvalue weighted by Gasteiger charge is -2.06. The van der Waals surface area contributed by atoms with Gasteiger partial charge in [0, 0.05) is 6.54 Å². The average Bonchev–Trinajstić information content (AvgIpc) is 2.85. The van der Waals surface area contributed by atoms with E-state index >= 15 is 0 Å². The van der Waals surface area contributed by atoms with Gasteiger partial charge in [-0.15, -0.1) is 11.8 Å². The van der Waals surface area contributed by atoms with E-state index in [-0.39, 0.29) is 0 Å². The van der Waals surface area contributed by atoms with E-state index in [0.29, 0.717) is 5.95 Å². The highest BCUT2D eigenvalue weighted by atomic mass is 32.2. The van der Waals surface area contributed by atoms with E-state index in [1.807, 2.05) is 0 Å². The fourth-order valence-electron chi connectivity index (χ4n) is 1.55. The van der Waals surface area contributed by atoms with E-state index in [9.17, 15) is 0 Å². The summed E-state index contributed by atoms with van der Waals surface area (Å²) in [5, 5.41) is 12.2. The Morgan fingerprint density at radius 2 is 2.17 bits per heavy atom. The molecule has 0 bridgehead atoms. The number of nitrogens with one attached hydrogen (secondary N) is 2. The number of aromatic nitrogens is 4. The van der Waals surface area contributed by atoms with Crippen molar-refractivity contribution in [3.63, 3.8) is 0 Å². The minimum absolute atomic E-state index is 0.688. The summed E-state index contributed by atoms with van der Waals surface area (Å²) in [7, 11) is 0. The predicted molar refractivity (Wildman–Crippen MR) is 76.1 cm³/mol. The summed E-state index contributed by atoms with van der Waals surface area (Å²) in [6.45, 7) is 5.21. The molecule has 2 aromatic rings. The van der Waals surface area contributed by atoms with Crippen LogP contribution in [0.2, 0.25) is 0 Å². The summed E-state index contributed by atoms with van der Waals surface area (Å²) >= 11 is 1.78. The summed E-state index contributed by atoms with van der Waals surface area (Å²) in [5.74, 6) is 1.77. The molecule has 5 nitrogen and oxygen atoms in total. The molecule has 2 N–H and O–H groups in total. The Bertz CT molecular complexity index is 496. The van der Waals surface area contributed by atoms with Crippen molar-refractivity contribution < 1.29 is 0 Å². The average molecular weight is 265 g/mol. The van der Waals surface area contributed by atoms with E-state index in [2.05, 4.69) is 39.3 Å². The molecule has 0 aliphatic rings. The number of nitrogens with zero attached hydrogens (tertiary/aromatic N) is 3. The molecule has 0 fully saturated rings. The summed E-state index contributed by atoms with van der Waals surface area (Å²) in [5.41, 5.74) is 0.808. The van der Waals surface area contributed by atoms with Crippen LogP contribution in [0.25, 0.3) is 11.0 Å². The molecule has 6 heteroatoms. The van der Waals surface area contributed by atoms with Crippen LogP contribution in [0.1, 0.15) is 33.1 Å². The first-order valence-corrected chi connectivity index (χ1v) is 7.41. The van der Waals surface area contributed by atoms with Crippen molar-refractivity contribution in [2.45, 2.75) is 38.1 Å². The highest BCUT2D eigenvalue weighted by Crippen LogP contribution is 2.25. The zero-order valence-corrected chi connectivity index (χ0v) is 11.7. The number of hydrogen-bond acceptors (Lipinski definition) is 5. The van der Waals surface area contributed by atoms with Crippen molar-refractivity contribution in [2.24, 2.45) is 0 Å². The number of H-pyrrole nitrogens is 1. The molecule has 0 radical (unpaired) electrons. The van der Waals surface area contributed by atoms with Crippen LogP contribution in [0, 0.1) is 0 Å². The van der Waals surface area contributed by atoms with Gasteiger partial charge in [0.05, 0.1) is 11.6 Å². The second kappa shape index (κ2) is 6.58. The molecule has 0 aliphatic heterocycles. The Labute approximate surface area is 111 Å². The fourth-order valence-corrected chi connectivity index (χ4v) is 2.63. The maximum atomic E-state index is 4.56. The third kappa shape index (κ3) is 3.13. The van der Waals surface area contributed by atoms with Gasteiger partial charge in [0.2, 0.25) is 5.95 Å². The molecule has 98 valence electrons. The van der Waals surface area contributed by atoms with Crippen molar-refractivity contribution in [3.8, 4) is 0 Å². The van der Waals surface area contributed by atoms with Crippen LogP contribution in [0.15, 0.2) is 11.2 Å². The lowest BCUT2D eigenvalue weighted by molar-refractivity contribution is 0.894. The summed E-state index contributed by atoms with van der Waals surface area (Å²) in [4.78, 5) is 8.97. The van der Waals surface area contributed by atoms with E-state index in [0.717, 1.165) is 34.8 Å². The molecule has 0 amide bonds. The molecule has 0 aliphatic carbocycles. The lowest BCUT2D eigenvalue weighted by Crippen LogP contribution is -2.05. The van der Waals surface area contributed by atoms with E-state index in [4.69, 9.17) is 0 Å². The first-order chi connectivity index (χ1) is 8.85. The van der Waals surface area contributed by atoms with Crippen molar-refractivity contribution in [1.82, 2.24) is 20.2 Å². The third-order valence-electron chi connectivity index (χ3n) is 2.54. The highest BCUT2D eigenvalue weighted by molar-refractivity contribution is 7.99. The molecule has 2 aromatic heterocycles. The zero-order chi connectivity index (χ0) is 12.8.